The van der Waals surface area contributed by atoms with Gasteiger partial charge in [0.05, 0.1) is 28.1 Å². The van der Waals surface area contributed by atoms with Gasteiger partial charge in [0.25, 0.3) is 0 Å². The van der Waals surface area contributed by atoms with Gasteiger partial charge in [0.15, 0.2) is 0 Å². The van der Waals surface area contributed by atoms with Crippen molar-refractivity contribution in [3.63, 3.8) is 0 Å². The number of benzene rings is 7. The molecule has 0 spiro atoms. The number of phenolic OH excluding ortho intramolecular Hbond substituents is 1. The van der Waals surface area contributed by atoms with Crippen LogP contribution in [-0.2, 0) is 16.2 Å². The fourth-order valence-electron chi connectivity index (χ4n) is 9.50. The lowest BCUT2D eigenvalue weighted by molar-refractivity contribution is 0.477. The number of fused-ring (bicyclic) bond motifs is 4. The summed E-state index contributed by atoms with van der Waals surface area (Å²) in [5, 5.41) is 16.1. The Hall–Kier alpha value is -7.30. The molecule has 7 aromatic carbocycles. The molecule has 0 aliphatic heterocycles. The number of phenols is 1. The average Bonchev–Trinajstić information content (AvgIpc) is 3.65. The maximum Gasteiger partial charge on any atom is 0.124 e. The van der Waals surface area contributed by atoms with E-state index in [1.807, 2.05) is 24.4 Å². The molecule has 10 aromatic rings. The molecule has 4 nitrogen and oxygen atoms in total. The first-order valence-corrected chi connectivity index (χ1v) is 23.1. The summed E-state index contributed by atoms with van der Waals surface area (Å²) in [6, 6.07) is 60.6. The van der Waals surface area contributed by atoms with E-state index >= 15 is 0 Å². The predicted molar refractivity (Wildman–Crippen MR) is 279 cm³/mol. The Labute approximate surface area is 389 Å². The monoisotopic (exact) mass is 859 g/mol. The molecule has 0 atom stereocenters. The zero-order chi connectivity index (χ0) is 46.1. The van der Waals surface area contributed by atoms with E-state index in [0.29, 0.717) is 11.3 Å². The van der Waals surface area contributed by atoms with Crippen LogP contribution >= 0.6 is 0 Å². The molecule has 66 heavy (non-hydrogen) atoms. The van der Waals surface area contributed by atoms with Gasteiger partial charge in [0.1, 0.15) is 5.75 Å². The highest BCUT2D eigenvalue weighted by molar-refractivity contribution is 6.14. The Morgan fingerprint density at radius 3 is 1.79 bits per heavy atom. The van der Waals surface area contributed by atoms with Gasteiger partial charge in [-0.1, -0.05) is 172 Å². The van der Waals surface area contributed by atoms with E-state index in [1.165, 1.54) is 49.3 Å². The number of hydrogen-bond donors (Lipinski definition) is 1. The quantitative estimate of drug-likeness (QED) is 0.181. The van der Waals surface area contributed by atoms with Crippen molar-refractivity contribution in [3.05, 3.63) is 193 Å². The van der Waals surface area contributed by atoms with E-state index in [4.69, 9.17) is 9.97 Å². The van der Waals surface area contributed by atoms with Crippen LogP contribution in [0.25, 0.3) is 94.3 Å². The first kappa shape index (κ1) is 42.6. The zero-order valence-corrected chi connectivity index (χ0v) is 39.5. The molecule has 10 rings (SSSR count). The van der Waals surface area contributed by atoms with Gasteiger partial charge in [-0.25, -0.2) is 4.98 Å². The molecule has 3 aromatic heterocycles. The van der Waals surface area contributed by atoms with Gasteiger partial charge in [-0.2, -0.15) is 0 Å². The molecule has 326 valence electrons. The lowest BCUT2D eigenvalue weighted by Crippen LogP contribution is -2.16. The molecule has 0 saturated heterocycles. The summed E-state index contributed by atoms with van der Waals surface area (Å²) in [4.78, 5) is 10.2. The van der Waals surface area contributed by atoms with Gasteiger partial charge >= 0.3 is 0 Å². The van der Waals surface area contributed by atoms with Crippen LogP contribution in [0, 0.1) is 0 Å². The third-order valence-corrected chi connectivity index (χ3v) is 13.2. The third-order valence-electron chi connectivity index (χ3n) is 13.2. The molecule has 0 saturated carbocycles. The van der Waals surface area contributed by atoms with Crippen LogP contribution in [0.1, 0.15) is 79.0 Å². The summed E-state index contributed by atoms with van der Waals surface area (Å²) in [6.45, 7) is 20.5. The average molecular weight is 860 g/mol. The maximum atomic E-state index is 11.1. The lowest BCUT2D eigenvalue weighted by atomic mass is 9.79. The summed E-state index contributed by atoms with van der Waals surface area (Å²) in [5.41, 5.74) is 16.8. The highest BCUT2D eigenvalue weighted by atomic mass is 16.3. The van der Waals surface area contributed by atoms with E-state index in [0.717, 1.165) is 50.5 Å². The van der Waals surface area contributed by atoms with Gasteiger partial charge in [-0.05, 0) is 121 Å². The van der Waals surface area contributed by atoms with Crippen LogP contribution in [-0.4, -0.2) is 19.6 Å². The van der Waals surface area contributed by atoms with Crippen molar-refractivity contribution >= 4 is 32.6 Å². The summed E-state index contributed by atoms with van der Waals surface area (Å²) in [7, 11) is 0. The number of aromatic hydroxyl groups is 1. The largest absolute Gasteiger partial charge is 0.507 e. The Kier molecular flexibility index (Phi) is 10.3. The Bertz CT molecular complexity index is 3460. The molecular formula is C62H57N3O. The first-order chi connectivity index (χ1) is 31.5. The van der Waals surface area contributed by atoms with E-state index < -0.39 is 0 Å². The predicted octanol–water partition coefficient (Wildman–Crippen LogP) is 16.7. The van der Waals surface area contributed by atoms with Gasteiger partial charge in [-0.15, -0.1) is 0 Å². The van der Waals surface area contributed by atoms with Crippen molar-refractivity contribution in [2.75, 3.05) is 0 Å². The van der Waals surface area contributed by atoms with Crippen LogP contribution in [0.3, 0.4) is 0 Å². The number of hydrogen-bond acceptors (Lipinski definition) is 3. The van der Waals surface area contributed by atoms with Gasteiger partial charge < -0.3 is 9.67 Å². The van der Waals surface area contributed by atoms with E-state index in [2.05, 4.69) is 212 Å². The number of aromatic nitrogens is 3. The second-order valence-corrected chi connectivity index (χ2v) is 21.0. The molecule has 0 radical (unpaired) electrons. The molecular weight excluding hydrogens is 803 g/mol. The lowest BCUT2D eigenvalue weighted by Gasteiger charge is -2.26. The van der Waals surface area contributed by atoms with Crippen molar-refractivity contribution in [1.82, 2.24) is 14.5 Å². The minimum absolute atomic E-state index is 0.00489. The summed E-state index contributed by atoms with van der Waals surface area (Å²) >= 11 is 0. The molecule has 3 heterocycles. The molecule has 0 unspecified atom stereocenters. The van der Waals surface area contributed by atoms with Crippen LogP contribution in [0.2, 0.25) is 0 Å². The normalized spacial score (nSPS) is 12.4. The molecule has 0 bridgehead atoms. The summed E-state index contributed by atoms with van der Waals surface area (Å²) in [5.74, 6) is 0.200. The van der Waals surface area contributed by atoms with Gasteiger partial charge in [0, 0.05) is 44.9 Å². The highest BCUT2D eigenvalue weighted by Crippen LogP contribution is 2.42. The molecule has 0 amide bonds. The second-order valence-electron chi connectivity index (χ2n) is 21.0. The second kappa shape index (κ2) is 16.0. The number of rotatable bonds is 6. The Balaban J connectivity index is 1.12. The van der Waals surface area contributed by atoms with Crippen LogP contribution < -0.4 is 0 Å². The van der Waals surface area contributed by atoms with Gasteiger partial charge in [0.2, 0.25) is 0 Å². The molecule has 0 aliphatic rings. The summed E-state index contributed by atoms with van der Waals surface area (Å²) < 4.78 is 2.45. The Morgan fingerprint density at radius 2 is 1.05 bits per heavy atom. The first-order valence-electron chi connectivity index (χ1n) is 23.1. The molecule has 0 fully saturated rings. The van der Waals surface area contributed by atoms with Crippen LogP contribution in [0.5, 0.6) is 5.75 Å². The SMILES string of the molecule is CC(C)(C)c1cc(-c2cc(-c3cccc(-c4cc(-c5cccc6c7ccccc7n(-c7ccc8cccc(C(C)(C)C)c8c7)c56)ccn4)c3)nc(-c3ccccc3O)c2)cc(C(C)(C)C)c1. The third kappa shape index (κ3) is 7.85. The van der Waals surface area contributed by atoms with E-state index in [1.54, 1.807) is 6.07 Å². The van der Waals surface area contributed by atoms with Crippen molar-refractivity contribution in [1.29, 1.82) is 0 Å². The van der Waals surface area contributed by atoms with Crippen LogP contribution in [0.4, 0.5) is 0 Å². The van der Waals surface area contributed by atoms with Crippen molar-refractivity contribution in [2.45, 2.75) is 78.6 Å². The van der Waals surface area contributed by atoms with E-state index in [-0.39, 0.29) is 22.0 Å². The standard InChI is InChI=1S/C62H57N3O/c1-60(2,3)45-32-43(33-46(37-45)61(4,5)6)44-35-55(64-56(36-44)51-21-11-13-26-58(51)66)42-19-14-18-41(31-42)54-34-40(29-30-63-54)48-22-16-23-50-49-20-10-12-25-57(49)65(59(48)50)47-28-27-39-17-15-24-53(52(39)38-47)62(7,8)9/h10-38,66H,1-9H3. The van der Waals surface area contributed by atoms with Crippen LogP contribution in [0.15, 0.2) is 176 Å². The topological polar surface area (TPSA) is 50.9 Å². The van der Waals surface area contributed by atoms with Crippen molar-refractivity contribution in [3.8, 4) is 67.5 Å². The number of nitrogens with zero attached hydrogens (tertiary/aromatic N) is 3. The van der Waals surface area contributed by atoms with Crippen molar-refractivity contribution in [2.24, 2.45) is 0 Å². The zero-order valence-electron chi connectivity index (χ0n) is 39.5. The molecule has 0 aliphatic carbocycles. The minimum atomic E-state index is -0.0447. The van der Waals surface area contributed by atoms with Gasteiger partial charge in [-0.3, -0.25) is 4.98 Å². The summed E-state index contributed by atoms with van der Waals surface area (Å²) in [6.07, 6.45) is 1.93. The Morgan fingerprint density at radius 1 is 0.424 bits per heavy atom. The van der Waals surface area contributed by atoms with Crippen molar-refractivity contribution < 1.29 is 5.11 Å². The molecule has 4 heteroatoms. The smallest absolute Gasteiger partial charge is 0.124 e. The molecule has 1 N–H and O–H groups in total. The number of pyridine rings is 2. The fourth-order valence-corrected chi connectivity index (χ4v) is 9.50. The minimum Gasteiger partial charge on any atom is -0.507 e. The van der Waals surface area contributed by atoms with E-state index in [9.17, 15) is 5.11 Å². The number of para-hydroxylation sites is 3. The highest BCUT2D eigenvalue weighted by Gasteiger charge is 2.23. The maximum absolute atomic E-state index is 11.1. The fraction of sp³-hybridized carbons (Fsp3) is 0.194.